The van der Waals surface area contributed by atoms with E-state index in [1.807, 2.05) is 6.07 Å². The standard InChI is InChI=1S/C14H9Cl2IO2/c1-19-12-6-5-8(17)7-9(12)14(18)13-10(15)3-2-4-11(13)16/h2-7H,1H3. The van der Waals surface area contributed by atoms with Gasteiger partial charge in [-0.25, -0.2) is 0 Å². The monoisotopic (exact) mass is 406 g/mol. The van der Waals surface area contributed by atoms with Crippen LogP contribution in [-0.2, 0) is 0 Å². The second kappa shape index (κ2) is 6.11. The Balaban J connectivity index is 2.59. The van der Waals surface area contributed by atoms with E-state index in [2.05, 4.69) is 22.6 Å². The molecule has 0 amide bonds. The van der Waals surface area contributed by atoms with Gasteiger partial charge in [0, 0.05) is 3.57 Å². The van der Waals surface area contributed by atoms with Gasteiger partial charge in [-0.05, 0) is 52.9 Å². The lowest BCUT2D eigenvalue weighted by Gasteiger charge is -2.10. The average Bonchev–Trinajstić information content (AvgIpc) is 2.38. The molecule has 0 unspecified atom stereocenters. The average molecular weight is 407 g/mol. The Morgan fingerprint density at radius 2 is 1.79 bits per heavy atom. The molecule has 98 valence electrons. The zero-order valence-electron chi connectivity index (χ0n) is 9.91. The highest BCUT2D eigenvalue weighted by atomic mass is 127. The molecule has 0 heterocycles. The van der Waals surface area contributed by atoms with Gasteiger partial charge in [-0.2, -0.15) is 0 Å². The van der Waals surface area contributed by atoms with Crippen molar-refractivity contribution in [1.29, 1.82) is 0 Å². The number of benzene rings is 2. The first-order valence-electron chi connectivity index (χ1n) is 5.37. The van der Waals surface area contributed by atoms with Crippen LogP contribution in [0.1, 0.15) is 15.9 Å². The van der Waals surface area contributed by atoms with Crippen molar-refractivity contribution in [2.75, 3.05) is 7.11 Å². The molecule has 0 bridgehead atoms. The largest absolute Gasteiger partial charge is 0.496 e. The maximum atomic E-state index is 12.6. The van der Waals surface area contributed by atoms with E-state index < -0.39 is 0 Å². The lowest BCUT2D eigenvalue weighted by atomic mass is 10.0. The molecule has 2 rings (SSSR count). The molecule has 0 radical (unpaired) electrons. The molecule has 2 aromatic rings. The molecule has 0 saturated carbocycles. The molecule has 2 aromatic carbocycles. The van der Waals surface area contributed by atoms with Crippen molar-refractivity contribution in [3.8, 4) is 5.75 Å². The van der Waals surface area contributed by atoms with Crippen LogP contribution in [0.15, 0.2) is 36.4 Å². The molecule has 5 heteroatoms. The van der Waals surface area contributed by atoms with Crippen molar-refractivity contribution in [2.24, 2.45) is 0 Å². The van der Waals surface area contributed by atoms with Gasteiger partial charge in [0.05, 0.1) is 28.3 Å². The van der Waals surface area contributed by atoms with Crippen molar-refractivity contribution >= 4 is 51.6 Å². The predicted molar refractivity (Wildman–Crippen MR) is 85.6 cm³/mol. The van der Waals surface area contributed by atoms with E-state index >= 15 is 0 Å². The SMILES string of the molecule is COc1ccc(I)cc1C(=O)c1c(Cl)cccc1Cl. The number of hydrogen-bond donors (Lipinski definition) is 0. The molecule has 0 aromatic heterocycles. The van der Waals surface area contributed by atoms with E-state index in [9.17, 15) is 4.79 Å². The van der Waals surface area contributed by atoms with Crippen LogP contribution in [-0.4, -0.2) is 12.9 Å². The fourth-order valence-electron chi connectivity index (χ4n) is 1.71. The summed E-state index contributed by atoms with van der Waals surface area (Å²) in [5.74, 6) is 0.257. The van der Waals surface area contributed by atoms with Crippen molar-refractivity contribution < 1.29 is 9.53 Å². The molecule has 2 nitrogen and oxygen atoms in total. The van der Waals surface area contributed by atoms with E-state index in [1.54, 1.807) is 30.3 Å². The molecule has 0 aliphatic carbocycles. The van der Waals surface area contributed by atoms with Crippen molar-refractivity contribution in [3.63, 3.8) is 0 Å². The van der Waals surface area contributed by atoms with Crippen molar-refractivity contribution in [3.05, 3.63) is 61.1 Å². The number of rotatable bonds is 3. The quantitative estimate of drug-likeness (QED) is 0.538. The number of halogens is 3. The summed E-state index contributed by atoms with van der Waals surface area (Å²) >= 11 is 14.3. The van der Waals surface area contributed by atoms with Gasteiger partial charge >= 0.3 is 0 Å². The van der Waals surface area contributed by atoms with Crippen molar-refractivity contribution in [1.82, 2.24) is 0 Å². The predicted octanol–water partition coefficient (Wildman–Crippen LogP) is 4.84. The van der Waals surface area contributed by atoms with Crippen LogP contribution in [0.2, 0.25) is 10.0 Å². The molecule has 0 fully saturated rings. The van der Waals surface area contributed by atoms with Crippen molar-refractivity contribution in [2.45, 2.75) is 0 Å². The minimum absolute atomic E-state index is 0.244. The summed E-state index contributed by atoms with van der Waals surface area (Å²) in [5, 5.41) is 0.664. The van der Waals surface area contributed by atoms with E-state index in [1.165, 1.54) is 7.11 Å². The molecule has 0 saturated heterocycles. The minimum atomic E-state index is -0.244. The van der Waals surface area contributed by atoms with Crippen LogP contribution in [0.4, 0.5) is 0 Å². The maximum Gasteiger partial charge on any atom is 0.199 e. The molecule has 19 heavy (non-hydrogen) atoms. The van der Waals surface area contributed by atoms with E-state index in [0.717, 1.165) is 3.57 Å². The molecule has 0 spiro atoms. The van der Waals surface area contributed by atoms with Crippen LogP contribution < -0.4 is 4.74 Å². The maximum absolute atomic E-state index is 12.6. The molecule has 0 aliphatic rings. The van der Waals surface area contributed by atoms with Gasteiger partial charge < -0.3 is 4.74 Å². The summed E-state index contributed by atoms with van der Waals surface area (Å²) in [5.41, 5.74) is 0.746. The molecular formula is C14H9Cl2IO2. The van der Waals surface area contributed by atoms with Gasteiger partial charge in [0.1, 0.15) is 5.75 Å². The first-order chi connectivity index (χ1) is 9.04. The second-order valence-corrected chi connectivity index (χ2v) is 5.83. The summed E-state index contributed by atoms with van der Waals surface area (Å²) in [6.45, 7) is 0. The van der Waals surface area contributed by atoms with Gasteiger partial charge in [0.2, 0.25) is 0 Å². The molecular weight excluding hydrogens is 398 g/mol. The third-order valence-corrected chi connectivity index (χ3v) is 3.90. The normalized spacial score (nSPS) is 10.3. The van der Waals surface area contributed by atoms with Gasteiger partial charge in [-0.3, -0.25) is 4.79 Å². The highest BCUT2D eigenvalue weighted by Gasteiger charge is 2.20. The summed E-state index contributed by atoms with van der Waals surface area (Å²) < 4.78 is 6.15. The Morgan fingerprint density at radius 1 is 1.16 bits per heavy atom. The zero-order chi connectivity index (χ0) is 14.0. The van der Waals surface area contributed by atoms with Crippen LogP contribution in [0.5, 0.6) is 5.75 Å². The van der Waals surface area contributed by atoms with Gasteiger partial charge in [0.25, 0.3) is 0 Å². The summed E-state index contributed by atoms with van der Waals surface area (Å²) in [6, 6.07) is 10.3. The lowest BCUT2D eigenvalue weighted by molar-refractivity contribution is 0.103. The smallest absolute Gasteiger partial charge is 0.199 e. The van der Waals surface area contributed by atoms with E-state index in [-0.39, 0.29) is 5.78 Å². The Hall–Kier alpha value is -0.780. The minimum Gasteiger partial charge on any atom is -0.496 e. The summed E-state index contributed by atoms with van der Waals surface area (Å²) in [7, 11) is 1.52. The number of hydrogen-bond acceptors (Lipinski definition) is 2. The first kappa shape index (κ1) is 14.6. The number of carbonyl (C=O) groups is 1. The molecule has 0 atom stereocenters. The van der Waals surface area contributed by atoms with Gasteiger partial charge in [-0.1, -0.05) is 29.3 Å². The first-order valence-corrected chi connectivity index (χ1v) is 7.20. The van der Waals surface area contributed by atoms with Crippen LogP contribution in [0.25, 0.3) is 0 Å². The topological polar surface area (TPSA) is 26.3 Å². The fourth-order valence-corrected chi connectivity index (χ4v) is 2.77. The highest BCUT2D eigenvalue weighted by molar-refractivity contribution is 14.1. The van der Waals surface area contributed by atoms with E-state index in [4.69, 9.17) is 27.9 Å². The van der Waals surface area contributed by atoms with Gasteiger partial charge in [0.15, 0.2) is 5.78 Å². The Bertz CT molecular complexity index is 621. The second-order valence-electron chi connectivity index (χ2n) is 3.77. The summed E-state index contributed by atoms with van der Waals surface area (Å²) in [6.07, 6.45) is 0. The third-order valence-electron chi connectivity index (χ3n) is 2.60. The fraction of sp³-hybridized carbons (Fsp3) is 0.0714. The lowest BCUT2D eigenvalue weighted by Crippen LogP contribution is -2.06. The molecule has 0 N–H and O–H groups in total. The Kier molecular flexibility index (Phi) is 4.71. The van der Waals surface area contributed by atoms with Gasteiger partial charge in [-0.15, -0.1) is 0 Å². The number of ether oxygens (including phenoxy) is 1. The number of ketones is 1. The van der Waals surface area contributed by atoms with Crippen LogP contribution in [0, 0.1) is 3.57 Å². The number of carbonyl (C=O) groups excluding carboxylic acids is 1. The number of methoxy groups -OCH3 is 1. The van der Waals surface area contributed by atoms with Crippen LogP contribution >= 0.6 is 45.8 Å². The van der Waals surface area contributed by atoms with Crippen LogP contribution in [0.3, 0.4) is 0 Å². The zero-order valence-corrected chi connectivity index (χ0v) is 13.6. The summed E-state index contributed by atoms with van der Waals surface area (Å²) in [4.78, 5) is 12.6. The highest BCUT2D eigenvalue weighted by Crippen LogP contribution is 2.30. The Morgan fingerprint density at radius 3 is 2.37 bits per heavy atom. The molecule has 0 aliphatic heterocycles. The van der Waals surface area contributed by atoms with E-state index in [0.29, 0.717) is 26.9 Å². The third kappa shape index (κ3) is 3.04. The Labute approximate surface area is 134 Å².